The van der Waals surface area contributed by atoms with E-state index in [1.165, 1.54) is 0 Å². The van der Waals surface area contributed by atoms with Gasteiger partial charge >= 0.3 is 0 Å². The number of phenols is 1. The van der Waals surface area contributed by atoms with Crippen LogP contribution < -0.4 is 4.74 Å². The smallest absolute Gasteiger partial charge is 0.169 e. The SMILES string of the molecule is Oc1ccccc1Oc1ccsc1. The summed E-state index contributed by atoms with van der Waals surface area (Å²) in [5.74, 6) is 1.40. The van der Waals surface area contributed by atoms with Gasteiger partial charge in [-0.3, -0.25) is 0 Å². The molecule has 1 aromatic carbocycles. The molecule has 0 aliphatic rings. The normalized spacial score (nSPS) is 9.85. The molecule has 0 spiro atoms. The Morgan fingerprint density at radius 3 is 2.69 bits per heavy atom. The maximum absolute atomic E-state index is 9.39. The lowest BCUT2D eigenvalue weighted by Crippen LogP contribution is -1.81. The second-order valence-electron chi connectivity index (χ2n) is 2.53. The van der Waals surface area contributed by atoms with Crippen molar-refractivity contribution in [3.05, 3.63) is 41.1 Å². The first-order valence-electron chi connectivity index (χ1n) is 3.84. The van der Waals surface area contributed by atoms with Crippen molar-refractivity contribution in [3.63, 3.8) is 0 Å². The quantitative estimate of drug-likeness (QED) is 0.791. The second-order valence-corrected chi connectivity index (χ2v) is 3.31. The molecule has 2 rings (SSSR count). The van der Waals surface area contributed by atoms with Gasteiger partial charge in [-0.2, -0.15) is 0 Å². The summed E-state index contributed by atoms with van der Waals surface area (Å²) in [7, 11) is 0. The molecule has 0 unspecified atom stereocenters. The average molecular weight is 192 g/mol. The summed E-state index contributed by atoms with van der Waals surface area (Å²) >= 11 is 1.56. The Balaban J connectivity index is 2.24. The van der Waals surface area contributed by atoms with Gasteiger partial charge in [0.2, 0.25) is 0 Å². The molecule has 0 saturated carbocycles. The van der Waals surface area contributed by atoms with Gasteiger partial charge in [0.15, 0.2) is 11.5 Å². The molecule has 0 saturated heterocycles. The van der Waals surface area contributed by atoms with Gasteiger partial charge in [-0.15, -0.1) is 11.3 Å². The first-order chi connectivity index (χ1) is 6.36. The van der Waals surface area contributed by atoms with Crippen LogP contribution in [0.2, 0.25) is 0 Å². The summed E-state index contributed by atoms with van der Waals surface area (Å²) in [6, 6.07) is 8.77. The molecule has 2 nitrogen and oxygen atoms in total. The summed E-state index contributed by atoms with van der Waals surface area (Å²) in [6.45, 7) is 0. The molecular weight excluding hydrogens is 184 g/mol. The molecule has 1 heterocycles. The van der Waals surface area contributed by atoms with Crippen LogP contribution in [0.5, 0.6) is 17.2 Å². The maximum Gasteiger partial charge on any atom is 0.169 e. The predicted octanol–water partition coefficient (Wildman–Crippen LogP) is 3.25. The number of thiophene rings is 1. The lowest BCUT2D eigenvalue weighted by atomic mass is 10.3. The van der Waals surface area contributed by atoms with E-state index in [4.69, 9.17) is 4.74 Å². The number of ether oxygens (including phenoxy) is 1. The van der Waals surface area contributed by atoms with Crippen LogP contribution in [0.25, 0.3) is 0 Å². The second kappa shape index (κ2) is 3.49. The van der Waals surface area contributed by atoms with E-state index < -0.39 is 0 Å². The van der Waals surface area contributed by atoms with E-state index in [2.05, 4.69) is 0 Å². The number of phenolic OH excluding ortho intramolecular Hbond substituents is 1. The maximum atomic E-state index is 9.39. The molecule has 0 aliphatic carbocycles. The minimum atomic E-state index is 0.161. The molecule has 0 fully saturated rings. The minimum absolute atomic E-state index is 0.161. The van der Waals surface area contributed by atoms with Crippen LogP contribution in [0.1, 0.15) is 0 Å². The van der Waals surface area contributed by atoms with Crippen LogP contribution in [0.4, 0.5) is 0 Å². The Labute approximate surface area is 80.0 Å². The highest BCUT2D eigenvalue weighted by molar-refractivity contribution is 7.08. The molecule has 0 amide bonds. The molecule has 0 atom stereocenters. The standard InChI is InChI=1S/C10H8O2S/c11-9-3-1-2-4-10(9)12-8-5-6-13-7-8/h1-7,11H. The largest absolute Gasteiger partial charge is 0.504 e. The zero-order chi connectivity index (χ0) is 9.10. The van der Waals surface area contributed by atoms with Gasteiger partial charge in [0.05, 0.1) is 0 Å². The summed E-state index contributed by atoms with van der Waals surface area (Å²) in [5.41, 5.74) is 0. The number of para-hydroxylation sites is 2. The zero-order valence-electron chi connectivity index (χ0n) is 6.81. The van der Waals surface area contributed by atoms with Crippen LogP contribution in [0, 0.1) is 0 Å². The third-order valence-corrected chi connectivity index (χ3v) is 2.25. The third-order valence-electron chi connectivity index (χ3n) is 1.59. The molecule has 3 heteroatoms. The Kier molecular flexibility index (Phi) is 2.19. The van der Waals surface area contributed by atoms with Crippen LogP contribution in [0.15, 0.2) is 41.1 Å². The highest BCUT2D eigenvalue weighted by atomic mass is 32.1. The lowest BCUT2D eigenvalue weighted by molar-refractivity contribution is 0.412. The van der Waals surface area contributed by atoms with Gasteiger partial charge in [0.1, 0.15) is 5.75 Å². The van der Waals surface area contributed by atoms with Crippen molar-refractivity contribution in [1.29, 1.82) is 0 Å². The molecule has 1 N–H and O–H groups in total. The molecule has 0 aliphatic heterocycles. The summed E-state index contributed by atoms with van der Waals surface area (Å²) in [5, 5.41) is 13.2. The number of aromatic hydroxyl groups is 1. The molecule has 2 aromatic rings. The average Bonchev–Trinajstić information content (AvgIpc) is 2.61. The van der Waals surface area contributed by atoms with E-state index in [1.54, 1.807) is 29.5 Å². The summed E-state index contributed by atoms with van der Waals surface area (Å²) in [4.78, 5) is 0. The van der Waals surface area contributed by atoms with Gasteiger partial charge in [-0.25, -0.2) is 0 Å². The van der Waals surface area contributed by atoms with E-state index in [9.17, 15) is 5.11 Å². The zero-order valence-corrected chi connectivity index (χ0v) is 7.62. The van der Waals surface area contributed by atoms with Gasteiger partial charge in [0.25, 0.3) is 0 Å². The van der Waals surface area contributed by atoms with Crippen molar-refractivity contribution in [2.45, 2.75) is 0 Å². The van der Waals surface area contributed by atoms with E-state index >= 15 is 0 Å². The fourth-order valence-corrected chi connectivity index (χ4v) is 1.53. The Morgan fingerprint density at radius 1 is 1.15 bits per heavy atom. The van der Waals surface area contributed by atoms with Crippen molar-refractivity contribution in [2.24, 2.45) is 0 Å². The van der Waals surface area contributed by atoms with E-state index in [-0.39, 0.29) is 5.75 Å². The molecule has 1 aromatic heterocycles. The first kappa shape index (κ1) is 8.13. The molecular formula is C10H8O2S. The Hall–Kier alpha value is -1.48. The monoisotopic (exact) mass is 192 g/mol. The van der Waals surface area contributed by atoms with Crippen molar-refractivity contribution < 1.29 is 9.84 Å². The summed E-state index contributed by atoms with van der Waals surface area (Å²) in [6.07, 6.45) is 0. The van der Waals surface area contributed by atoms with Gasteiger partial charge in [-0.05, 0) is 23.6 Å². The first-order valence-corrected chi connectivity index (χ1v) is 4.78. The molecule has 0 radical (unpaired) electrons. The van der Waals surface area contributed by atoms with Gasteiger partial charge < -0.3 is 9.84 Å². The Bertz CT molecular complexity index is 382. The van der Waals surface area contributed by atoms with Crippen LogP contribution in [-0.4, -0.2) is 5.11 Å². The lowest BCUT2D eigenvalue weighted by Gasteiger charge is -2.03. The van der Waals surface area contributed by atoms with E-state index in [0.29, 0.717) is 5.75 Å². The number of hydrogen-bond acceptors (Lipinski definition) is 3. The van der Waals surface area contributed by atoms with Crippen molar-refractivity contribution in [1.82, 2.24) is 0 Å². The predicted molar refractivity (Wildman–Crippen MR) is 52.5 cm³/mol. The van der Waals surface area contributed by atoms with Crippen molar-refractivity contribution >= 4 is 11.3 Å². The molecule has 66 valence electrons. The highest BCUT2D eigenvalue weighted by Gasteiger charge is 2.01. The van der Waals surface area contributed by atoms with E-state index in [0.717, 1.165) is 5.75 Å². The van der Waals surface area contributed by atoms with Crippen LogP contribution in [0.3, 0.4) is 0 Å². The fourth-order valence-electron chi connectivity index (χ4n) is 0.980. The highest BCUT2D eigenvalue weighted by Crippen LogP contribution is 2.30. The third kappa shape index (κ3) is 1.81. The minimum Gasteiger partial charge on any atom is -0.504 e. The molecule has 0 bridgehead atoms. The van der Waals surface area contributed by atoms with E-state index in [1.807, 2.05) is 22.9 Å². The topological polar surface area (TPSA) is 29.5 Å². The van der Waals surface area contributed by atoms with Crippen LogP contribution in [-0.2, 0) is 0 Å². The van der Waals surface area contributed by atoms with Crippen molar-refractivity contribution in [3.8, 4) is 17.2 Å². The number of benzene rings is 1. The summed E-state index contributed by atoms with van der Waals surface area (Å²) < 4.78 is 5.41. The Morgan fingerprint density at radius 2 is 2.00 bits per heavy atom. The fraction of sp³-hybridized carbons (Fsp3) is 0. The van der Waals surface area contributed by atoms with Gasteiger partial charge in [0, 0.05) is 5.38 Å². The molecule has 13 heavy (non-hydrogen) atoms. The van der Waals surface area contributed by atoms with Crippen molar-refractivity contribution in [2.75, 3.05) is 0 Å². The number of hydrogen-bond donors (Lipinski definition) is 1. The van der Waals surface area contributed by atoms with Crippen LogP contribution >= 0.6 is 11.3 Å². The number of rotatable bonds is 2. The van der Waals surface area contributed by atoms with Gasteiger partial charge in [-0.1, -0.05) is 12.1 Å².